The largest absolute Gasteiger partial charge is 0.467 e. The number of likely N-dealkylation sites (N-methyl/N-ethyl adjacent to an activating group) is 1. The predicted octanol–water partition coefficient (Wildman–Crippen LogP) is 3.72. The number of nitrogens with zero attached hydrogens (tertiary/aromatic N) is 2. The zero-order valence-electron chi connectivity index (χ0n) is 27.0. The molecule has 9 nitrogen and oxygen atoms in total. The number of likely N-dealkylation sites (tertiary alicyclic amines) is 1. The van der Waals surface area contributed by atoms with Gasteiger partial charge in [0.25, 0.3) is 0 Å². The molecule has 4 atom stereocenters. The summed E-state index contributed by atoms with van der Waals surface area (Å²) < 4.78 is 4.93. The van der Waals surface area contributed by atoms with E-state index in [-0.39, 0.29) is 35.7 Å². The van der Waals surface area contributed by atoms with Gasteiger partial charge in [0.05, 0.1) is 19.2 Å². The first-order valence-corrected chi connectivity index (χ1v) is 15.2. The van der Waals surface area contributed by atoms with Crippen molar-refractivity contribution in [3.63, 3.8) is 0 Å². The van der Waals surface area contributed by atoms with Crippen molar-refractivity contribution < 1.29 is 23.9 Å². The first-order chi connectivity index (χ1) is 19.8. The first-order valence-electron chi connectivity index (χ1n) is 15.2. The van der Waals surface area contributed by atoms with E-state index in [2.05, 4.69) is 29.4 Å². The molecule has 1 aliphatic heterocycles. The Morgan fingerprint density at radius 1 is 1.00 bits per heavy atom. The average molecular weight is 585 g/mol. The van der Waals surface area contributed by atoms with Crippen LogP contribution in [0.15, 0.2) is 42.0 Å². The maximum atomic E-state index is 13.8. The number of ether oxygens (including phenoxy) is 1. The minimum Gasteiger partial charge on any atom is -0.467 e. The van der Waals surface area contributed by atoms with Gasteiger partial charge in [0.1, 0.15) is 12.1 Å². The quantitative estimate of drug-likeness (QED) is 0.270. The third-order valence-electron chi connectivity index (χ3n) is 8.07. The van der Waals surface area contributed by atoms with E-state index in [0.29, 0.717) is 12.0 Å². The Hall–Kier alpha value is -3.20. The summed E-state index contributed by atoms with van der Waals surface area (Å²) in [5.41, 5.74) is 1.28. The maximum Gasteiger partial charge on any atom is 0.328 e. The Balaban J connectivity index is 2.20. The molecule has 234 valence electrons. The Bertz CT molecular complexity index is 1090. The highest BCUT2D eigenvalue weighted by molar-refractivity contribution is 5.96. The van der Waals surface area contributed by atoms with Crippen molar-refractivity contribution >= 4 is 23.7 Å². The molecule has 1 unspecified atom stereocenters. The number of carbonyl (C=O) groups is 4. The molecule has 0 radical (unpaired) electrons. The molecule has 1 aromatic rings. The number of esters is 1. The van der Waals surface area contributed by atoms with Crippen LogP contribution < -0.4 is 10.6 Å². The summed E-state index contributed by atoms with van der Waals surface area (Å²) in [6.07, 6.45) is 4.89. The summed E-state index contributed by atoms with van der Waals surface area (Å²) in [5.74, 6) is -1.39. The van der Waals surface area contributed by atoms with Crippen LogP contribution >= 0.6 is 0 Å². The summed E-state index contributed by atoms with van der Waals surface area (Å²) in [5, 5.41) is 5.86. The van der Waals surface area contributed by atoms with E-state index < -0.39 is 30.0 Å². The average Bonchev–Trinajstić information content (AvgIpc) is 2.96. The summed E-state index contributed by atoms with van der Waals surface area (Å²) in [6, 6.07) is 7.45. The van der Waals surface area contributed by atoms with Gasteiger partial charge in [0, 0.05) is 25.1 Å². The number of piperidine rings is 1. The molecule has 1 aromatic carbocycles. The molecular formula is C33H52N4O5. The fraction of sp³-hybridized carbons (Fsp3) is 0.636. The van der Waals surface area contributed by atoms with Crippen LogP contribution in [0.1, 0.15) is 73.3 Å². The number of methoxy groups -OCH3 is 1. The number of carbonyl (C=O) groups excluding carboxylic acids is 4. The second kappa shape index (κ2) is 16.4. The molecule has 1 fully saturated rings. The van der Waals surface area contributed by atoms with E-state index in [1.165, 1.54) is 7.11 Å². The third-order valence-corrected chi connectivity index (χ3v) is 8.07. The Labute approximate surface area is 252 Å². The van der Waals surface area contributed by atoms with E-state index >= 15 is 0 Å². The lowest BCUT2D eigenvalue weighted by Gasteiger charge is -2.39. The first kappa shape index (κ1) is 35.0. The van der Waals surface area contributed by atoms with Crippen molar-refractivity contribution in [3.8, 4) is 0 Å². The molecule has 1 heterocycles. The molecule has 2 rings (SSSR count). The van der Waals surface area contributed by atoms with Crippen LogP contribution in [-0.2, 0) is 30.3 Å². The van der Waals surface area contributed by atoms with Crippen LogP contribution in [-0.4, -0.2) is 84.4 Å². The number of nitrogens with one attached hydrogen (secondary N) is 2. The van der Waals surface area contributed by atoms with Gasteiger partial charge >= 0.3 is 5.97 Å². The standard InChI is InChI=1S/C33H52N4O5/c1-21(2)28(19-24(7)30(38)34-26(33(41)42-9)20-25-15-11-10-12-16-25)36(8)32(40)29(22(3)4)35-31(39)27-17-13-14-18-37(27)23(5)6/h10-12,15-16,19,21-23,26-29H,13-14,17-18,20H2,1-9H3,(H,34,38)(H,35,39)/t26-,27?,28+,29-/m0/s1. The minimum atomic E-state index is -0.851. The summed E-state index contributed by atoms with van der Waals surface area (Å²) in [4.78, 5) is 56.7. The molecule has 2 N–H and O–H groups in total. The van der Waals surface area contributed by atoms with E-state index in [9.17, 15) is 19.2 Å². The van der Waals surface area contributed by atoms with E-state index in [4.69, 9.17) is 4.74 Å². The number of hydrogen-bond acceptors (Lipinski definition) is 6. The fourth-order valence-corrected chi connectivity index (χ4v) is 5.52. The highest BCUT2D eigenvalue weighted by Crippen LogP contribution is 2.21. The van der Waals surface area contributed by atoms with Crippen molar-refractivity contribution in [1.29, 1.82) is 0 Å². The van der Waals surface area contributed by atoms with Crippen molar-refractivity contribution in [1.82, 2.24) is 20.4 Å². The van der Waals surface area contributed by atoms with Crippen LogP contribution in [0, 0.1) is 11.8 Å². The summed E-state index contributed by atoms with van der Waals surface area (Å²) in [7, 11) is 3.01. The minimum absolute atomic E-state index is 0.0132. The molecule has 0 aliphatic carbocycles. The lowest BCUT2D eigenvalue weighted by atomic mass is 9.95. The van der Waals surface area contributed by atoms with E-state index in [0.717, 1.165) is 31.4 Å². The highest BCUT2D eigenvalue weighted by atomic mass is 16.5. The van der Waals surface area contributed by atoms with Gasteiger partial charge in [0.15, 0.2) is 0 Å². The third kappa shape index (κ3) is 9.68. The van der Waals surface area contributed by atoms with Gasteiger partial charge in [-0.2, -0.15) is 0 Å². The van der Waals surface area contributed by atoms with Crippen LogP contribution in [0.5, 0.6) is 0 Å². The SMILES string of the molecule is COC(=O)[C@H](Cc1ccccc1)NC(=O)C(C)=C[C@H](C(C)C)N(C)C(=O)[C@@H](NC(=O)C1CCCCN1C(C)C)C(C)C. The van der Waals surface area contributed by atoms with Crippen molar-refractivity contribution in [2.45, 2.75) is 104 Å². The van der Waals surface area contributed by atoms with Gasteiger partial charge in [-0.1, -0.05) is 70.5 Å². The smallest absolute Gasteiger partial charge is 0.328 e. The Morgan fingerprint density at radius 3 is 2.19 bits per heavy atom. The zero-order valence-corrected chi connectivity index (χ0v) is 27.0. The van der Waals surface area contributed by atoms with Gasteiger partial charge in [0.2, 0.25) is 17.7 Å². The molecule has 9 heteroatoms. The van der Waals surface area contributed by atoms with Gasteiger partial charge in [-0.25, -0.2) is 4.79 Å². The number of rotatable bonds is 13. The monoisotopic (exact) mass is 584 g/mol. The van der Waals surface area contributed by atoms with Crippen LogP contribution in [0.3, 0.4) is 0 Å². The fourth-order valence-electron chi connectivity index (χ4n) is 5.52. The van der Waals surface area contributed by atoms with Crippen LogP contribution in [0.2, 0.25) is 0 Å². The zero-order chi connectivity index (χ0) is 31.6. The van der Waals surface area contributed by atoms with Crippen LogP contribution in [0.25, 0.3) is 0 Å². The van der Waals surface area contributed by atoms with Gasteiger partial charge in [-0.05, 0) is 57.6 Å². The van der Waals surface area contributed by atoms with Gasteiger partial charge < -0.3 is 20.3 Å². The number of hydrogen-bond donors (Lipinski definition) is 2. The molecule has 0 spiro atoms. The van der Waals surface area contributed by atoms with Crippen molar-refractivity contribution in [3.05, 3.63) is 47.5 Å². The predicted molar refractivity (Wildman–Crippen MR) is 165 cm³/mol. The highest BCUT2D eigenvalue weighted by Gasteiger charge is 2.36. The second-order valence-corrected chi connectivity index (χ2v) is 12.3. The lowest BCUT2D eigenvalue weighted by molar-refractivity contribution is -0.144. The molecule has 0 aromatic heterocycles. The van der Waals surface area contributed by atoms with Crippen molar-refractivity contribution in [2.75, 3.05) is 20.7 Å². The Kier molecular flexibility index (Phi) is 13.7. The molecule has 42 heavy (non-hydrogen) atoms. The molecule has 1 saturated heterocycles. The molecule has 3 amide bonds. The summed E-state index contributed by atoms with van der Waals surface area (Å²) >= 11 is 0. The van der Waals surface area contributed by atoms with E-state index in [1.54, 1.807) is 24.9 Å². The van der Waals surface area contributed by atoms with Crippen molar-refractivity contribution in [2.24, 2.45) is 11.8 Å². The number of benzene rings is 1. The topological polar surface area (TPSA) is 108 Å². The van der Waals surface area contributed by atoms with Gasteiger partial charge in [-0.3, -0.25) is 19.3 Å². The molecular weight excluding hydrogens is 532 g/mol. The molecule has 0 saturated carbocycles. The Morgan fingerprint density at radius 2 is 1.64 bits per heavy atom. The normalized spacial score (nSPS) is 18.4. The number of amides is 3. The summed E-state index contributed by atoms with van der Waals surface area (Å²) in [6.45, 7) is 14.6. The second-order valence-electron chi connectivity index (χ2n) is 12.3. The molecule has 0 bridgehead atoms. The van der Waals surface area contributed by atoms with Crippen LogP contribution in [0.4, 0.5) is 0 Å². The maximum absolute atomic E-state index is 13.8. The molecule has 1 aliphatic rings. The van der Waals surface area contributed by atoms with Gasteiger partial charge in [-0.15, -0.1) is 0 Å². The van der Waals surface area contributed by atoms with E-state index in [1.807, 2.05) is 58.0 Å². The lowest BCUT2D eigenvalue weighted by Crippen LogP contribution is -2.58.